The summed E-state index contributed by atoms with van der Waals surface area (Å²) in [5, 5.41) is 10.4. The summed E-state index contributed by atoms with van der Waals surface area (Å²) in [6.07, 6.45) is 0. The normalized spacial score (nSPS) is 11.1. The summed E-state index contributed by atoms with van der Waals surface area (Å²) >= 11 is 0.858. The van der Waals surface area contributed by atoms with Crippen molar-refractivity contribution >= 4 is 33.0 Å². The number of hydrogen-bond acceptors (Lipinski definition) is 5. The Labute approximate surface area is 126 Å². The van der Waals surface area contributed by atoms with Gasteiger partial charge in [-0.15, -0.1) is 11.3 Å². The van der Waals surface area contributed by atoms with Gasteiger partial charge < -0.3 is 9.84 Å². The molecule has 0 aliphatic carbocycles. The van der Waals surface area contributed by atoms with Crippen molar-refractivity contribution in [3.05, 3.63) is 40.1 Å². The molecule has 2 aromatic rings. The second-order valence-corrected chi connectivity index (χ2v) is 6.80. The van der Waals surface area contributed by atoms with E-state index in [2.05, 4.69) is 4.72 Å². The topological polar surface area (TPSA) is 92.7 Å². The van der Waals surface area contributed by atoms with Crippen LogP contribution in [0.4, 0.5) is 5.69 Å². The van der Waals surface area contributed by atoms with E-state index in [9.17, 15) is 13.2 Å². The summed E-state index contributed by atoms with van der Waals surface area (Å²) in [7, 11) is -2.57. The predicted molar refractivity (Wildman–Crippen MR) is 79.8 cm³/mol. The predicted octanol–water partition coefficient (Wildman–Crippen LogP) is 2.56. The lowest BCUT2D eigenvalue weighted by atomic mass is 10.2. The number of thiophene rings is 1. The number of anilines is 1. The third-order valence-corrected chi connectivity index (χ3v) is 5.15. The molecule has 1 aromatic heterocycles. The molecule has 21 heavy (non-hydrogen) atoms. The molecule has 0 radical (unpaired) electrons. The van der Waals surface area contributed by atoms with Crippen LogP contribution in [0.1, 0.15) is 15.2 Å². The van der Waals surface area contributed by atoms with Crippen LogP contribution in [0.15, 0.2) is 34.5 Å². The van der Waals surface area contributed by atoms with Gasteiger partial charge in [-0.25, -0.2) is 13.2 Å². The first-order valence-electron chi connectivity index (χ1n) is 5.83. The van der Waals surface area contributed by atoms with Crippen molar-refractivity contribution in [1.29, 1.82) is 0 Å². The first-order chi connectivity index (χ1) is 9.85. The average Bonchev–Trinajstić information content (AvgIpc) is 2.88. The molecule has 0 aliphatic heterocycles. The SMILES string of the molecule is COc1ccc(C)cc1NS(=O)(=O)c1ccsc1C(=O)O. The molecule has 0 amide bonds. The van der Waals surface area contributed by atoms with Crippen LogP contribution in [0, 0.1) is 6.92 Å². The highest BCUT2D eigenvalue weighted by molar-refractivity contribution is 7.93. The smallest absolute Gasteiger partial charge is 0.347 e. The molecule has 2 rings (SSSR count). The Bertz CT molecular complexity index is 780. The number of aryl methyl sites for hydroxylation is 1. The van der Waals surface area contributed by atoms with Crippen molar-refractivity contribution in [2.45, 2.75) is 11.8 Å². The highest BCUT2D eigenvalue weighted by atomic mass is 32.2. The summed E-state index contributed by atoms with van der Waals surface area (Å²) in [6.45, 7) is 1.81. The molecule has 8 heteroatoms. The third-order valence-electron chi connectivity index (χ3n) is 2.71. The van der Waals surface area contributed by atoms with Gasteiger partial charge in [-0.1, -0.05) is 6.07 Å². The van der Waals surface area contributed by atoms with Crippen molar-refractivity contribution in [2.24, 2.45) is 0 Å². The molecule has 0 atom stereocenters. The van der Waals surface area contributed by atoms with Crippen LogP contribution in [0.3, 0.4) is 0 Å². The van der Waals surface area contributed by atoms with Crippen molar-refractivity contribution < 1.29 is 23.1 Å². The number of ether oxygens (including phenoxy) is 1. The van der Waals surface area contributed by atoms with E-state index in [1.807, 2.05) is 6.92 Å². The van der Waals surface area contributed by atoms with E-state index < -0.39 is 16.0 Å². The molecule has 1 heterocycles. The van der Waals surface area contributed by atoms with E-state index >= 15 is 0 Å². The molecule has 6 nitrogen and oxygen atoms in total. The monoisotopic (exact) mass is 327 g/mol. The molecule has 112 valence electrons. The minimum absolute atomic E-state index is 0.228. The first-order valence-corrected chi connectivity index (χ1v) is 8.19. The average molecular weight is 327 g/mol. The van der Waals surface area contributed by atoms with Crippen LogP contribution in [0.25, 0.3) is 0 Å². The number of carbonyl (C=O) groups is 1. The van der Waals surface area contributed by atoms with Gasteiger partial charge in [0.05, 0.1) is 12.8 Å². The van der Waals surface area contributed by atoms with Gasteiger partial charge in [0.25, 0.3) is 10.0 Å². The zero-order chi connectivity index (χ0) is 15.6. The number of benzene rings is 1. The summed E-state index contributed by atoms with van der Waals surface area (Å²) in [4.78, 5) is 10.6. The number of methoxy groups -OCH3 is 1. The quantitative estimate of drug-likeness (QED) is 0.880. The summed E-state index contributed by atoms with van der Waals surface area (Å²) in [5.74, 6) is -0.919. The molecule has 0 saturated carbocycles. The largest absolute Gasteiger partial charge is 0.495 e. The zero-order valence-electron chi connectivity index (χ0n) is 11.3. The Balaban J connectivity index is 2.45. The van der Waals surface area contributed by atoms with Gasteiger partial charge in [-0.2, -0.15) is 0 Å². The Morgan fingerprint density at radius 2 is 2.05 bits per heavy atom. The second-order valence-electron chi connectivity index (χ2n) is 4.23. The lowest BCUT2D eigenvalue weighted by Crippen LogP contribution is -2.15. The fourth-order valence-electron chi connectivity index (χ4n) is 1.77. The first kappa shape index (κ1) is 15.3. The van der Waals surface area contributed by atoms with E-state index in [4.69, 9.17) is 9.84 Å². The number of carboxylic acid groups (broad SMARTS) is 1. The number of aromatic carboxylic acids is 1. The van der Waals surface area contributed by atoms with E-state index in [0.717, 1.165) is 16.9 Å². The number of nitrogens with one attached hydrogen (secondary N) is 1. The lowest BCUT2D eigenvalue weighted by Gasteiger charge is -2.12. The van der Waals surface area contributed by atoms with Gasteiger partial charge >= 0.3 is 5.97 Å². The van der Waals surface area contributed by atoms with Crippen LogP contribution >= 0.6 is 11.3 Å². The van der Waals surface area contributed by atoms with Gasteiger partial charge in [0.15, 0.2) is 0 Å². The Morgan fingerprint density at radius 1 is 1.33 bits per heavy atom. The van der Waals surface area contributed by atoms with E-state index in [1.165, 1.54) is 18.6 Å². The van der Waals surface area contributed by atoms with E-state index in [0.29, 0.717) is 5.75 Å². The Kier molecular flexibility index (Phi) is 4.19. The van der Waals surface area contributed by atoms with Gasteiger partial charge in [-0.05, 0) is 36.1 Å². The van der Waals surface area contributed by atoms with Crippen molar-refractivity contribution in [3.63, 3.8) is 0 Å². The van der Waals surface area contributed by atoms with Crippen molar-refractivity contribution in [2.75, 3.05) is 11.8 Å². The molecule has 0 unspecified atom stereocenters. The summed E-state index contributed by atoms with van der Waals surface area (Å²) in [6, 6.07) is 6.30. The number of rotatable bonds is 5. The molecule has 0 aliphatic rings. The van der Waals surface area contributed by atoms with Crippen LogP contribution in [0.2, 0.25) is 0 Å². The molecule has 0 fully saturated rings. The second kappa shape index (κ2) is 5.74. The molecule has 0 spiro atoms. The van der Waals surface area contributed by atoms with Gasteiger partial charge in [0.2, 0.25) is 0 Å². The molecular formula is C13H13NO5S2. The number of hydrogen-bond donors (Lipinski definition) is 2. The molecular weight excluding hydrogens is 314 g/mol. The maximum absolute atomic E-state index is 12.3. The molecule has 0 saturated heterocycles. The van der Waals surface area contributed by atoms with E-state index in [1.54, 1.807) is 18.2 Å². The van der Waals surface area contributed by atoms with Gasteiger partial charge in [0, 0.05) is 0 Å². The molecule has 1 aromatic carbocycles. The lowest BCUT2D eigenvalue weighted by molar-refractivity contribution is 0.0698. The van der Waals surface area contributed by atoms with E-state index in [-0.39, 0.29) is 15.5 Å². The van der Waals surface area contributed by atoms with Crippen LogP contribution < -0.4 is 9.46 Å². The van der Waals surface area contributed by atoms with Crippen molar-refractivity contribution in [1.82, 2.24) is 0 Å². The Hall–Kier alpha value is -2.06. The summed E-state index contributed by atoms with van der Waals surface area (Å²) < 4.78 is 32.2. The maximum atomic E-state index is 12.3. The maximum Gasteiger partial charge on any atom is 0.347 e. The summed E-state index contributed by atoms with van der Waals surface area (Å²) in [5.41, 5.74) is 1.11. The minimum Gasteiger partial charge on any atom is -0.495 e. The fraction of sp³-hybridized carbons (Fsp3) is 0.154. The highest BCUT2D eigenvalue weighted by Crippen LogP contribution is 2.30. The van der Waals surface area contributed by atoms with Crippen LogP contribution in [-0.4, -0.2) is 26.6 Å². The minimum atomic E-state index is -4.00. The molecule has 2 N–H and O–H groups in total. The number of carboxylic acids is 1. The van der Waals surface area contributed by atoms with Gasteiger partial charge in [-0.3, -0.25) is 4.72 Å². The van der Waals surface area contributed by atoms with Crippen molar-refractivity contribution in [3.8, 4) is 5.75 Å². The highest BCUT2D eigenvalue weighted by Gasteiger charge is 2.24. The zero-order valence-corrected chi connectivity index (χ0v) is 12.9. The molecule has 0 bridgehead atoms. The standard InChI is InChI=1S/C13H13NO5S2/c1-8-3-4-10(19-2)9(7-8)14-21(17,18)11-5-6-20-12(11)13(15)16/h3-7,14H,1-2H3,(H,15,16). The Morgan fingerprint density at radius 3 is 2.67 bits per heavy atom. The number of sulfonamides is 1. The van der Waals surface area contributed by atoms with Crippen LogP contribution in [-0.2, 0) is 10.0 Å². The third kappa shape index (κ3) is 3.17. The van der Waals surface area contributed by atoms with Crippen LogP contribution in [0.5, 0.6) is 5.75 Å². The van der Waals surface area contributed by atoms with Gasteiger partial charge in [0.1, 0.15) is 15.5 Å². The fourth-order valence-corrected chi connectivity index (χ4v) is 4.09.